The Morgan fingerprint density at radius 2 is 1.67 bits per heavy atom. The van der Waals surface area contributed by atoms with E-state index in [1.807, 2.05) is 58.1 Å². The molecular weight excluding hydrogens is 568 g/mol. The number of anilines is 2. The normalized spacial score (nSPS) is 18.5. The van der Waals surface area contributed by atoms with Crippen LogP contribution in [0.1, 0.15) is 77.3 Å². The van der Waals surface area contributed by atoms with Crippen molar-refractivity contribution in [2.75, 3.05) is 57.5 Å². The number of likely N-dealkylation sites (N-methyl/N-ethyl adjacent to an activating group) is 1. The Kier molecular flexibility index (Phi) is 9.48. The first-order valence-electron chi connectivity index (χ1n) is 15.7. The van der Waals surface area contributed by atoms with Crippen LogP contribution in [0.25, 0.3) is 0 Å². The third kappa shape index (κ3) is 6.98. The lowest BCUT2D eigenvalue weighted by molar-refractivity contribution is 0.0827. The summed E-state index contributed by atoms with van der Waals surface area (Å²) in [5, 5.41) is 10.9. The summed E-state index contributed by atoms with van der Waals surface area (Å²) in [5.74, 6) is -0.0917. The van der Waals surface area contributed by atoms with Crippen LogP contribution in [-0.2, 0) is 13.1 Å². The number of urea groups is 1. The molecule has 2 aliphatic rings. The standard InChI is InChI=1S/C34H46N8O3/c1-22(2)42-31-23(3)19-41(28-14-10-26(11-15-28)33(44)38(5)6)21-29(31)30(37-42)32(43)35-18-25-8-12-27(13-9-25)36-34(45)40-17-16-39(7)24(4)20-40/h8-15,22-24H,16-21H2,1-7H3,(H,35,43)(H,36,45)/t23-,24?/m0/s1. The van der Waals surface area contributed by atoms with Crippen molar-refractivity contribution in [1.82, 2.24) is 29.8 Å². The summed E-state index contributed by atoms with van der Waals surface area (Å²) < 4.78 is 1.99. The molecule has 1 saturated heterocycles. The van der Waals surface area contributed by atoms with Gasteiger partial charge in [0.25, 0.3) is 11.8 Å². The number of nitrogens with one attached hydrogen (secondary N) is 2. The molecule has 1 fully saturated rings. The van der Waals surface area contributed by atoms with E-state index < -0.39 is 0 Å². The molecule has 2 aliphatic heterocycles. The monoisotopic (exact) mass is 614 g/mol. The number of rotatable bonds is 7. The van der Waals surface area contributed by atoms with Crippen LogP contribution in [0.2, 0.25) is 0 Å². The second kappa shape index (κ2) is 13.3. The van der Waals surface area contributed by atoms with Crippen LogP contribution >= 0.6 is 0 Å². The second-order valence-corrected chi connectivity index (χ2v) is 12.9. The van der Waals surface area contributed by atoms with E-state index in [1.165, 1.54) is 0 Å². The molecular formula is C34H46N8O3. The average Bonchev–Trinajstić information content (AvgIpc) is 3.42. The largest absolute Gasteiger partial charge is 0.366 e. The minimum atomic E-state index is -0.215. The molecule has 45 heavy (non-hydrogen) atoms. The quantitative estimate of drug-likeness (QED) is 0.409. The third-order valence-electron chi connectivity index (χ3n) is 8.85. The summed E-state index contributed by atoms with van der Waals surface area (Å²) in [5.41, 5.74) is 5.77. The fourth-order valence-corrected chi connectivity index (χ4v) is 6.09. The number of piperazine rings is 1. The molecule has 0 saturated carbocycles. The lowest BCUT2D eigenvalue weighted by atomic mass is 9.95. The van der Waals surface area contributed by atoms with Crippen molar-refractivity contribution in [3.05, 3.63) is 76.6 Å². The van der Waals surface area contributed by atoms with Crippen LogP contribution in [0.5, 0.6) is 0 Å². The molecule has 11 heteroatoms. The maximum Gasteiger partial charge on any atom is 0.321 e. The molecule has 0 bridgehead atoms. The number of amides is 4. The Morgan fingerprint density at radius 3 is 2.29 bits per heavy atom. The van der Waals surface area contributed by atoms with Crippen LogP contribution in [0.3, 0.4) is 0 Å². The summed E-state index contributed by atoms with van der Waals surface area (Å²) in [6.07, 6.45) is 0. The summed E-state index contributed by atoms with van der Waals surface area (Å²) >= 11 is 0. The SMILES string of the molecule is CC1CN(C(=O)Nc2ccc(CNC(=O)c3nn(C(C)C)c4c3CN(c3ccc(C(=O)N(C)C)cc3)C[C@@H]4C)cc2)CCN1C. The number of carbonyl (C=O) groups excluding carboxylic acids is 3. The molecule has 240 valence electrons. The highest BCUT2D eigenvalue weighted by molar-refractivity contribution is 5.95. The van der Waals surface area contributed by atoms with Crippen molar-refractivity contribution in [2.24, 2.45) is 0 Å². The van der Waals surface area contributed by atoms with Gasteiger partial charge in [-0.2, -0.15) is 5.10 Å². The molecule has 2 aromatic carbocycles. The van der Waals surface area contributed by atoms with Gasteiger partial charge in [-0.1, -0.05) is 19.1 Å². The molecule has 1 aromatic heterocycles. The van der Waals surface area contributed by atoms with Crippen LogP contribution in [0.15, 0.2) is 48.5 Å². The number of benzene rings is 2. The number of hydrogen-bond acceptors (Lipinski definition) is 6. The lowest BCUT2D eigenvalue weighted by Crippen LogP contribution is -2.53. The van der Waals surface area contributed by atoms with Gasteiger partial charge < -0.3 is 30.2 Å². The molecule has 3 aromatic rings. The van der Waals surface area contributed by atoms with Gasteiger partial charge in [0, 0.05) is 99.6 Å². The van der Waals surface area contributed by atoms with E-state index in [-0.39, 0.29) is 29.8 Å². The number of carbonyl (C=O) groups is 3. The first-order valence-corrected chi connectivity index (χ1v) is 15.7. The van der Waals surface area contributed by atoms with Crippen molar-refractivity contribution >= 4 is 29.2 Å². The van der Waals surface area contributed by atoms with Gasteiger partial charge in [0.2, 0.25) is 0 Å². The van der Waals surface area contributed by atoms with Gasteiger partial charge in [0.05, 0.1) is 0 Å². The van der Waals surface area contributed by atoms with E-state index in [2.05, 4.69) is 55.2 Å². The number of aromatic nitrogens is 2. The van der Waals surface area contributed by atoms with Gasteiger partial charge in [-0.05, 0) is 69.8 Å². The van der Waals surface area contributed by atoms with E-state index in [1.54, 1.807) is 19.0 Å². The second-order valence-electron chi connectivity index (χ2n) is 12.9. The summed E-state index contributed by atoms with van der Waals surface area (Å²) in [7, 11) is 5.57. The molecule has 2 atom stereocenters. The highest BCUT2D eigenvalue weighted by Crippen LogP contribution is 2.35. The predicted octanol–water partition coefficient (Wildman–Crippen LogP) is 4.39. The van der Waals surface area contributed by atoms with Crippen LogP contribution < -0.4 is 15.5 Å². The van der Waals surface area contributed by atoms with Gasteiger partial charge in [-0.25, -0.2) is 4.79 Å². The zero-order valence-corrected chi connectivity index (χ0v) is 27.5. The number of hydrogen-bond donors (Lipinski definition) is 2. The van der Waals surface area contributed by atoms with Crippen molar-refractivity contribution in [2.45, 2.75) is 58.8 Å². The molecule has 0 radical (unpaired) electrons. The summed E-state index contributed by atoms with van der Waals surface area (Å²) in [6.45, 7) is 12.4. The average molecular weight is 615 g/mol. The highest BCUT2D eigenvalue weighted by atomic mass is 16.2. The van der Waals surface area contributed by atoms with E-state index in [9.17, 15) is 14.4 Å². The van der Waals surface area contributed by atoms with Crippen LogP contribution in [0.4, 0.5) is 16.2 Å². The van der Waals surface area contributed by atoms with Crippen molar-refractivity contribution in [3.63, 3.8) is 0 Å². The van der Waals surface area contributed by atoms with E-state index >= 15 is 0 Å². The Morgan fingerprint density at radius 1 is 0.978 bits per heavy atom. The smallest absolute Gasteiger partial charge is 0.321 e. The van der Waals surface area contributed by atoms with Gasteiger partial charge in [-0.15, -0.1) is 0 Å². The molecule has 11 nitrogen and oxygen atoms in total. The molecule has 4 amide bonds. The molecule has 3 heterocycles. The van der Waals surface area contributed by atoms with E-state index in [0.29, 0.717) is 43.5 Å². The first kappa shape index (κ1) is 32.0. The lowest BCUT2D eigenvalue weighted by Gasteiger charge is -2.37. The molecule has 0 aliphatic carbocycles. The highest BCUT2D eigenvalue weighted by Gasteiger charge is 2.33. The maximum absolute atomic E-state index is 13.6. The topological polar surface area (TPSA) is 106 Å². The van der Waals surface area contributed by atoms with Gasteiger partial charge in [0.1, 0.15) is 0 Å². The fraction of sp³-hybridized carbons (Fsp3) is 0.471. The third-order valence-corrected chi connectivity index (χ3v) is 8.85. The summed E-state index contributed by atoms with van der Waals surface area (Å²) in [4.78, 5) is 46.6. The fourth-order valence-electron chi connectivity index (χ4n) is 6.09. The van der Waals surface area contributed by atoms with Crippen LogP contribution in [0, 0.1) is 0 Å². The zero-order chi connectivity index (χ0) is 32.4. The van der Waals surface area contributed by atoms with Crippen molar-refractivity contribution in [3.8, 4) is 0 Å². The minimum absolute atomic E-state index is 0.0345. The predicted molar refractivity (Wildman–Crippen MR) is 177 cm³/mol. The summed E-state index contributed by atoms with van der Waals surface area (Å²) in [6, 6.07) is 15.6. The number of fused-ring (bicyclic) bond motifs is 1. The Bertz CT molecular complexity index is 1530. The van der Waals surface area contributed by atoms with Gasteiger partial charge >= 0.3 is 6.03 Å². The van der Waals surface area contributed by atoms with Crippen molar-refractivity contribution < 1.29 is 14.4 Å². The Hall–Kier alpha value is -4.38. The van der Waals surface area contributed by atoms with E-state index in [4.69, 9.17) is 5.10 Å². The molecule has 0 spiro atoms. The van der Waals surface area contributed by atoms with E-state index in [0.717, 1.165) is 41.3 Å². The van der Waals surface area contributed by atoms with Gasteiger partial charge in [-0.3, -0.25) is 14.3 Å². The molecule has 5 rings (SSSR count). The Labute approximate surface area is 266 Å². The zero-order valence-electron chi connectivity index (χ0n) is 27.5. The van der Waals surface area contributed by atoms with Gasteiger partial charge in [0.15, 0.2) is 5.69 Å². The Balaban J connectivity index is 1.26. The maximum atomic E-state index is 13.6. The van der Waals surface area contributed by atoms with Crippen molar-refractivity contribution in [1.29, 1.82) is 0 Å². The molecule has 1 unspecified atom stereocenters. The minimum Gasteiger partial charge on any atom is -0.366 e. The first-order chi connectivity index (χ1) is 21.4. The number of nitrogens with zero attached hydrogens (tertiary/aromatic N) is 6. The van der Waals surface area contributed by atoms with Crippen LogP contribution in [-0.4, -0.2) is 95.7 Å². The molecule has 2 N–H and O–H groups in total.